The molecule has 1 atom stereocenters. The molecule has 0 amide bonds. The summed E-state index contributed by atoms with van der Waals surface area (Å²) in [5.74, 6) is -2.50. The first-order chi connectivity index (χ1) is 11.8. The van der Waals surface area contributed by atoms with Crippen molar-refractivity contribution in [3.8, 4) is 0 Å². The van der Waals surface area contributed by atoms with Crippen molar-refractivity contribution in [1.29, 1.82) is 0 Å². The van der Waals surface area contributed by atoms with Crippen molar-refractivity contribution < 1.29 is 71.5 Å². The molecule has 11 heteroatoms. The molecule has 150 valence electrons. The molecule has 0 saturated heterocycles. The Bertz CT molecular complexity index is 608. The zero-order chi connectivity index (χ0) is 21.0. The van der Waals surface area contributed by atoms with Crippen molar-refractivity contribution in [2.24, 2.45) is 5.41 Å². The van der Waals surface area contributed by atoms with Crippen molar-refractivity contribution in [2.45, 2.75) is 32.9 Å². The van der Waals surface area contributed by atoms with Gasteiger partial charge in [-0.05, 0) is 26.0 Å². The predicted molar refractivity (Wildman–Crippen MR) is 93.7 cm³/mol. The van der Waals surface area contributed by atoms with Gasteiger partial charge in [0.15, 0.2) is 0 Å². The van der Waals surface area contributed by atoms with Crippen LogP contribution in [0.25, 0.3) is 0 Å². The summed E-state index contributed by atoms with van der Waals surface area (Å²) in [7, 11) is -3.85. The van der Waals surface area contributed by atoms with E-state index in [9.17, 15) is 22.8 Å². The molecule has 0 radical (unpaired) electrons. The van der Waals surface area contributed by atoms with Gasteiger partial charge in [-0.1, -0.05) is 19.1 Å². The Balaban J connectivity index is -0.000000612. The molecule has 27 heavy (non-hydrogen) atoms. The monoisotopic (exact) mass is 416 g/mol. The van der Waals surface area contributed by atoms with Gasteiger partial charge in [0.05, 0.1) is 0 Å². The Hall–Kier alpha value is -1.20. The van der Waals surface area contributed by atoms with Gasteiger partial charge in [-0.2, -0.15) is 0 Å². The molecule has 0 heterocycles. The first kappa shape index (κ1) is 30.5. The summed E-state index contributed by atoms with van der Waals surface area (Å²) in [4.78, 5) is 33.4. The molecule has 0 aromatic carbocycles. The first-order valence-corrected chi connectivity index (χ1v) is 8.92. The van der Waals surface area contributed by atoms with Gasteiger partial charge < -0.3 is 21.5 Å². The van der Waals surface area contributed by atoms with Crippen LogP contribution in [0.5, 0.6) is 0 Å². The average molecular weight is 416 g/mol. The molecule has 0 saturated carbocycles. The number of carbonyl (C=O) groups excluding carboxylic acids is 2. The van der Waals surface area contributed by atoms with Crippen molar-refractivity contribution in [2.75, 3.05) is 13.2 Å². The average Bonchev–Trinajstić information content (AvgIpc) is 2.51. The Morgan fingerprint density at radius 2 is 1.37 bits per heavy atom. The molecule has 0 rings (SSSR count). The largest absolute Gasteiger partial charge is 1.00 e. The molecule has 1 unspecified atom stereocenters. The van der Waals surface area contributed by atoms with E-state index in [4.69, 9.17) is 19.1 Å². The summed E-state index contributed by atoms with van der Waals surface area (Å²) < 4.78 is 37.2. The number of carbonyl (C=O) groups is 3. The second-order valence-electron chi connectivity index (χ2n) is 5.41. The number of hydrogen-bond donors (Lipinski definition) is 2. The smallest absolute Gasteiger partial charge is 0.481 e. The van der Waals surface area contributed by atoms with Crippen LogP contribution in [0.3, 0.4) is 0 Å². The summed E-state index contributed by atoms with van der Waals surface area (Å²) in [6, 6.07) is 0. The fourth-order valence-corrected chi connectivity index (χ4v) is 0.994. The molecule has 0 aromatic heterocycles. The third-order valence-corrected chi connectivity index (χ3v) is 3.71. The molecule has 2 N–H and O–H groups in total. The Labute approximate surface area is 181 Å². The van der Waals surface area contributed by atoms with Gasteiger partial charge in [-0.15, -0.1) is 0 Å². The standard InChI is InChI=1S/C13H18O6.C3H7O3S.Na/c1-4-6-10(14)18-8-13(3,12(16)17)9-19-11(15)7-5-2;1-3(2)7(4,5)6;/h4-7H,8-9H2,1-3H3,(H,16,17);3H,1H2,2H3,(H,4,5,6);/q;-1;+1. The molecule has 0 spiro atoms. The molecule has 0 aliphatic rings. The van der Waals surface area contributed by atoms with E-state index in [2.05, 4.69) is 6.92 Å². The van der Waals surface area contributed by atoms with Crippen LogP contribution in [0.4, 0.5) is 0 Å². The SMILES string of the molecule is CC=CC(=O)OCC(C)(COC(=O)C=CC)C(=O)O.[CH2-]C(C)S(=O)(=O)O.[Na+]. The van der Waals surface area contributed by atoms with Crippen molar-refractivity contribution in [3.05, 3.63) is 31.2 Å². The Morgan fingerprint density at radius 3 is 1.56 bits per heavy atom. The Morgan fingerprint density at radius 1 is 1.07 bits per heavy atom. The number of esters is 2. The van der Waals surface area contributed by atoms with E-state index in [1.54, 1.807) is 13.8 Å². The third-order valence-electron chi connectivity index (χ3n) is 2.70. The molecule has 0 aliphatic carbocycles. The van der Waals surface area contributed by atoms with Crippen LogP contribution in [-0.2, 0) is 34.0 Å². The van der Waals surface area contributed by atoms with Crippen LogP contribution in [0.15, 0.2) is 24.3 Å². The second kappa shape index (κ2) is 14.8. The fraction of sp³-hybridized carbons (Fsp3) is 0.500. The summed E-state index contributed by atoms with van der Waals surface area (Å²) >= 11 is 0. The molecule has 9 nitrogen and oxygen atoms in total. The number of hydrogen-bond acceptors (Lipinski definition) is 7. The van der Waals surface area contributed by atoms with Crippen molar-refractivity contribution in [1.82, 2.24) is 0 Å². The zero-order valence-corrected chi connectivity index (χ0v) is 19.0. The van der Waals surface area contributed by atoms with Crippen molar-refractivity contribution in [3.63, 3.8) is 0 Å². The molecule has 0 aliphatic heterocycles. The van der Waals surface area contributed by atoms with Crippen molar-refractivity contribution >= 4 is 28.0 Å². The summed E-state index contributed by atoms with van der Waals surface area (Å²) in [6.07, 6.45) is 5.31. The number of rotatable bonds is 8. The number of allylic oxidation sites excluding steroid dienone is 2. The molecule has 0 fully saturated rings. The van der Waals surface area contributed by atoms with E-state index < -0.39 is 38.7 Å². The number of ether oxygens (including phenoxy) is 2. The van der Waals surface area contributed by atoms with Crippen LogP contribution in [0.1, 0.15) is 27.7 Å². The van der Waals surface area contributed by atoms with E-state index >= 15 is 0 Å². The van der Waals surface area contributed by atoms with Crippen LogP contribution in [-0.4, -0.2) is 54.4 Å². The van der Waals surface area contributed by atoms with Gasteiger partial charge in [-0.3, -0.25) is 9.35 Å². The summed E-state index contributed by atoms with van der Waals surface area (Å²) in [5.41, 5.74) is -1.48. The third kappa shape index (κ3) is 15.5. The Kier molecular flexibility index (Phi) is 16.7. The van der Waals surface area contributed by atoms with E-state index in [0.29, 0.717) is 0 Å². The number of carboxylic acid groups (broad SMARTS) is 1. The van der Waals surface area contributed by atoms with Crippen LogP contribution < -0.4 is 29.6 Å². The molecular weight excluding hydrogens is 391 g/mol. The van der Waals surface area contributed by atoms with Gasteiger partial charge in [0.25, 0.3) is 0 Å². The molecular formula is C16H25NaO9S. The van der Waals surface area contributed by atoms with Gasteiger partial charge in [-0.25, -0.2) is 18.0 Å². The van der Waals surface area contributed by atoms with E-state index in [1.165, 1.54) is 38.2 Å². The first-order valence-electron chi connectivity index (χ1n) is 7.41. The van der Waals surface area contributed by atoms with E-state index in [1.807, 2.05) is 0 Å². The topological polar surface area (TPSA) is 144 Å². The van der Waals surface area contributed by atoms with Gasteiger partial charge >= 0.3 is 47.5 Å². The van der Waals surface area contributed by atoms with Gasteiger partial charge in [0.2, 0.25) is 10.1 Å². The minimum Gasteiger partial charge on any atom is -0.481 e. The minimum absolute atomic E-state index is 0. The minimum atomic E-state index is -3.85. The molecule has 0 bridgehead atoms. The summed E-state index contributed by atoms with van der Waals surface area (Å²) in [5, 5.41) is 8.18. The second-order valence-corrected chi connectivity index (χ2v) is 7.24. The number of aliphatic carboxylic acids is 1. The molecule has 0 aromatic rings. The maximum absolute atomic E-state index is 11.1. The fourth-order valence-electron chi connectivity index (χ4n) is 0.994. The van der Waals surface area contributed by atoms with Gasteiger partial charge in [0.1, 0.15) is 18.6 Å². The van der Waals surface area contributed by atoms with Crippen LogP contribution in [0.2, 0.25) is 0 Å². The van der Waals surface area contributed by atoms with Gasteiger partial charge in [0, 0.05) is 12.2 Å². The maximum atomic E-state index is 11.1. The number of carboxylic acids is 1. The zero-order valence-electron chi connectivity index (χ0n) is 16.2. The van der Waals surface area contributed by atoms with Crippen LogP contribution >= 0.6 is 0 Å². The summed E-state index contributed by atoms with van der Waals surface area (Å²) in [6.45, 7) is 8.22. The van der Waals surface area contributed by atoms with E-state index in [0.717, 1.165) is 0 Å². The quantitative estimate of drug-likeness (QED) is 0.157. The van der Waals surface area contributed by atoms with Crippen LogP contribution in [0, 0.1) is 12.3 Å². The normalized spacial score (nSPS) is 14.3. The maximum Gasteiger partial charge on any atom is 1.00 e. The van der Waals surface area contributed by atoms with E-state index in [-0.39, 0.29) is 42.8 Å². The predicted octanol–water partition coefficient (Wildman–Crippen LogP) is -1.58.